The third-order valence-corrected chi connectivity index (χ3v) is 3.68. The van der Waals surface area contributed by atoms with Crippen molar-refractivity contribution in [2.75, 3.05) is 11.9 Å². The number of halogens is 1. The summed E-state index contributed by atoms with van der Waals surface area (Å²) in [4.78, 5) is 22.4. The number of rotatable bonds is 5. The number of aryl methyl sites for hydroxylation is 1. The second-order valence-electron chi connectivity index (χ2n) is 5.28. The van der Waals surface area contributed by atoms with Crippen molar-refractivity contribution < 1.29 is 18.5 Å². The first-order valence-corrected chi connectivity index (χ1v) is 7.16. The summed E-state index contributed by atoms with van der Waals surface area (Å²) in [6, 6.07) is 9.82. The molecule has 3 rings (SSSR count). The smallest absolute Gasteiger partial charge is 0.269 e. The first-order valence-electron chi connectivity index (χ1n) is 7.16. The number of nitrogens with zero attached hydrogens (tertiary/aromatic N) is 1. The number of nitrogens with one attached hydrogen (secondary N) is 1. The van der Waals surface area contributed by atoms with Crippen LogP contribution in [0.4, 0.5) is 15.8 Å². The molecular formula is C17H13FN2O4. The third-order valence-electron chi connectivity index (χ3n) is 3.68. The second kappa shape index (κ2) is 6.11. The largest absolute Gasteiger partial charge is 0.453 e. The molecule has 24 heavy (non-hydrogen) atoms. The predicted molar refractivity (Wildman–Crippen MR) is 86.8 cm³/mol. The van der Waals surface area contributed by atoms with Gasteiger partial charge < -0.3 is 9.73 Å². The van der Waals surface area contributed by atoms with E-state index in [9.17, 15) is 19.3 Å². The summed E-state index contributed by atoms with van der Waals surface area (Å²) in [6.45, 7) is 1.66. The van der Waals surface area contributed by atoms with Gasteiger partial charge in [0.1, 0.15) is 11.4 Å². The molecule has 7 heteroatoms. The molecule has 0 saturated carbocycles. The van der Waals surface area contributed by atoms with E-state index in [1.54, 1.807) is 6.92 Å². The standard InChI is InChI=1S/C17H13FN2O4/c1-10-14-8-11(18)2-7-16(14)24-17(10)15(21)9-19-12-3-5-13(6-4-12)20(22)23/h2-8,19H,9H2,1H3. The number of furan rings is 1. The highest BCUT2D eigenvalue weighted by atomic mass is 19.1. The van der Waals surface area contributed by atoms with Crippen LogP contribution in [0.25, 0.3) is 11.0 Å². The number of fused-ring (bicyclic) bond motifs is 1. The van der Waals surface area contributed by atoms with Crippen molar-refractivity contribution in [3.8, 4) is 0 Å². The molecule has 1 heterocycles. The summed E-state index contributed by atoms with van der Waals surface area (Å²) in [5.41, 5.74) is 1.59. The fraction of sp³-hybridized carbons (Fsp3) is 0.118. The molecule has 3 aromatic rings. The Labute approximate surface area is 136 Å². The first kappa shape index (κ1) is 15.7. The van der Waals surface area contributed by atoms with E-state index >= 15 is 0 Å². The second-order valence-corrected chi connectivity index (χ2v) is 5.28. The van der Waals surface area contributed by atoms with Gasteiger partial charge in [-0.1, -0.05) is 0 Å². The van der Waals surface area contributed by atoms with Gasteiger partial charge in [-0.15, -0.1) is 0 Å². The minimum absolute atomic E-state index is 0.0259. The van der Waals surface area contributed by atoms with Gasteiger partial charge in [0.25, 0.3) is 5.69 Å². The molecule has 0 aliphatic heterocycles. The molecule has 0 radical (unpaired) electrons. The highest BCUT2D eigenvalue weighted by Crippen LogP contribution is 2.26. The fourth-order valence-corrected chi connectivity index (χ4v) is 2.42. The third kappa shape index (κ3) is 2.96. The number of carbonyl (C=O) groups is 1. The lowest BCUT2D eigenvalue weighted by Gasteiger charge is -2.04. The van der Waals surface area contributed by atoms with Crippen molar-refractivity contribution in [1.29, 1.82) is 0 Å². The topological polar surface area (TPSA) is 85.4 Å². The highest BCUT2D eigenvalue weighted by Gasteiger charge is 2.18. The zero-order valence-electron chi connectivity index (χ0n) is 12.7. The summed E-state index contributed by atoms with van der Waals surface area (Å²) >= 11 is 0. The quantitative estimate of drug-likeness (QED) is 0.433. The molecule has 1 aromatic heterocycles. The fourth-order valence-electron chi connectivity index (χ4n) is 2.42. The molecule has 0 spiro atoms. The monoisotopic (exact) mass is 328 g/mol. The van der Waals surface area contributed by atoms with E-state index in [1.807, 2.05) is 0 Å². The lowest BCUT2D eigenvalue weighted by Crippen LogP contribution is -2.14. The number of Topliss-reactive ketones (excluding diaryl/α,β-unsaturated/α-hetero) is 1. The summed E-state index contributed by atoms with van der Waals surface area (Å²) in [5.74, 6) is -0.512. The Kier molecular flexibility index (Phi) is 3.99. The Morgan fingerprint density at radius 2 is 1.96 bits per heavy atom. The lowest BCUT2D eigenvalue weighted by atomic mass is 10.1. The zero-order valence-corrected chi connectivity index (χ0v) is 12.7. The van der Waals surface area contributed by atoms with Crippen molar-refractivity contribution in [3.63, 3.8) is 0 Å². The van der Waals surface area contributed by atoms with Gasteiger partial charge in [-0.05, 0) is 37.3 Å². The molecule has 0 unspecified atom stereocenters. The molecule has 0 amide bonds. The Hall–Kier alpha value is -3.22. The minimum atomic E-state index is -0.494. The van der Waals surface area contributed by atoms with Gasteiger partial charge in [0.15, 0.2) is 5.76 Å². The number of hydrogen-bond acceptors (Lipinski definition) is 5. The summed E-state index contributed by atoms with van der Waals surface area (Å²) in [6.07, 6.45) is 0. The predicted octanol–water partition coefficient (Wildman–Crippen LogP) is 4.08. The van der Waals surface area contributed by atoms with Gasteiger partial charge in [-0.25, -0.2) is 4.39 Å². The van der Waals surface area contributed by atoms with Gasteiger partial charge in [-0.3, -0.25) is 14.9 Å². The van der Waals surface area contributed by atoms with Gasteiger partial charge in [0.2, 0.25) is 5.78 Å². The highest BCUT2D eigenvalue weighted by molar-refractivity contribution is 6.02. The average Bonchev–Trinajstić information content (AvgIpc) is 2.89. The molecule has 0 aliphatic rings. The molecule has 122 valence electrons. The van der Waals surface area contributed by atoms with E-state index in [0.717, 1.165) is 0 Å². The maximum Gasteiger partial charge on any atom is 0.269 e. The molecule has 2 aromatic carbocycles. The molecule has 0 bridgehead atoms. The maximum absolute atomic E-state index is 13.3. The van der Waals surface area contributed by atoms with Crippen molar-refractivity contribution in [1.82, 2.24) is 0 Å². The number of nitro groups is 1. The van der Waals surface area contributed by atoms with Crippen LogP contribution >= 0.6 is 0 Å². The number of anilines is 1. The van der Waals surface area contributed by atoms with E-state index in [0.29, 0.717) is 22.2 Å². The molecule has 0 fully saturated rings. The number of nitro benzene ring substituents is 1. The summed E-state index contributed by atoms with van der Waals surface area (Å²) in [7, 11) is 0. The zero-order chi connectivity index (χ0) is 17.3. The van der Waals surface area contributed by atoms with Crippen LogP contribution in [-0.4, -0.2) is 17.3 Å². The molecule has 1 N–H and O–H groups in total. The van der Waals surface area contributed by atoms with Crippen LogP contribution in [0.15, 0.2) is 46.9 Å². The Bertz CT molecular complexity index is 932. The number of benzene rings is 2. The maximum atomic E-state index is 13.3. The number of non-ortho nitro benzene ring substituents is 1. The van der Waals surface area contributed by atoms with E-state index in [4.69, 9.17) is 4.42 Å². The first-order chi connectivity index (χ1) is 11.5. The number of hydrogen-bond donors (Lipinski definition) is 1. The van der Waals surface area contributed by atoms with Gasteiger partial charge in [0.05, 0.1) is 11.5 Å². The van der Waals surface area contributed by atoms with Crippen molar-refractivity contribution in [3.05, 3.63) is 69.7 Å². The Morgan fingerprint density at radius 3 is 2.62 bits per heavy atom. The van der Waals surface area contributed by atoms with Crippen LogP contribution < -0.4 is 5.32 Å². The van der Waals surface area contributed by atoms with E-state index in [2.05, 4.69) is 5.32 Å². The Balaban J connectivity index is 1.75. The van der Waals surface area contributed by atoms with Crippen LogP contribution in [0.3, 0.4) is 0 Å². The van der Waals surface area contributed by atoms with Crippen LogP contribution in [0.2, 0.25) is 0 Å². The number of carbonyl (C=O) groups excluding carboxylic acids is 1. The van der Waals surface area contributed by atoms with Gasteiger partial charge in [-0.2, -0.15) is 0 Å². The molecular weight excluding hydrogens is 315 g/mol. The summed E-state index contributed by atoms with van der Waals surface area (Å²) < 4.78 is 18.8. The molecule has 0 atom stereocenters. The van der Waals surface area contributed by atoms with Crippen molar-refractivity contribution in [2.45, 2.75) is 6.92 Å². The van der Waals surface area contributed by atoms with Crippen molar-refractivity contribution >= 4 is 28.1 Å². The van der Waals surface area contributed by atoms with E-state index in [1.165, 1.54) is 42.5 Å². The summed E-state index contributed by atoms with van der Waals surface area (Å²) in [5, 5.41) is 14.1. The molecule has 6 nitrogen and oxygen atoms in total. The van der Waals surface area contributed by atoms with E-state index < -0.39 is 10.7 Å². The van der Waals surface area contributed by atoms with Gasteiger partial charge in [0, 0.05) is 28.8 Å². The Morgan fingerprint density at radius 1 is 1.25 bits per heavy atom. The number of ketones is 1. The molecule has 0 aliphatic carbocycles. The van der Waals surface area contributed by atoms with Crippen LogP contribution in [0, 0.1) is 22.9 Å². The SMILES string of the molecule is Cc1c(C(=O)CNc2ccc([N+](=O)[O-])cc2)oc2ccc(F)cc12. The van der Waals surface area contributed by atoms with Crippen LogP contribution in [0.5, 0.6) is 0 Å². The van der Waals surface area contributed by atoms with E-state index in [-0.39, 0.29) is 23.8 Å². The van der Waals surface area contributed by atoms with Crippen LogP contribution in [0.1, 0.15) is 16.1 Å². The minimum Gasteiger partial charge on any atom is -0.453 e. The lowest BCUT2D eigenvalue weighted by molar-refractivity contribution is -0.384. The van der Waals surface area contributed by atoms with Gasteiger partial charge >= 0.3 is 0 Å². The molecule has 0 saturated heterocycles. The van der Waals surface area contributed by atoms with Crippen LogP contribution in [-0.2, 0) is 0 Å². The normalized spacial score (nSPS) is 10.8. The van der Waals surface area contributed by atoms with Crippen molar-refractivity contribution in [2.24, 2.45) is 0 Å². The average molecular weight is 328 g/mol.